The number of thiophene rings is 1. The highest BCUT2D eigenvalue weighted by Crippen LogP contribution is 2.27. The molecule has 0 fully saturated rings. The van der Waals surface area contributed by atoms with Crippen LogP contribution >= 0.6 is 11.3 Å². The number of rotatable bonds is 1. The molecule has 0 saturated heterocycles. The second-order valence-electron chi connectivity index (χ2n) is 2.94. The molecule has 2 rings (SSSR count). The normalized spacial score (nSPS) is 17.6. The summed E-state index contributed by atoms with van der Waals surface area (Å²) in [4.78, 5) is 1.42. The van der Waals surface area contributed by atoms with Gasteiger partial charge in [0.05, 0.1) is 13.2 Å². The molecule has 0 saturated carbocycles. The SMILES string of the molecule is Cc1sccc1C1=CCOCC1. The van der Waals surface area contributed by atoms with Crippen LogP contribution in [-0.4, -0.2) is 13.2 Å². The van der Waals surface area contributed by atoms with E-state index in [1.54, 1.807) is 0 Å². The Morgan fingerprint density at radius 3 is 3.00 bits per heavy atom. The molecule has 1 nitrogen and oxygen atoms in total. The van der Waals surface area contributed by atoms with Crippen LogP contribution in [0.15, 0.2) is 17.5 Å². The molecule has 1 aliphatic rings. The van der Waals surface area contributed by atoms with Crippen LogP contribution < -0.4 is 0 Å². The van der Waals surface area contributed by atoms with E-state index in [1.807, 2.05) is 11.3 Å². The summed E-state index contributed by atoms with van der Waals surface area (Å²) in [5, 5.41) is 2.15. The predicted molar refractivity (Wildman–Crippen MR) is 52.5 cm³/mol. The highest BCUT2D eigenvalue weighted by Gasteiger charge is 2.08. The van der Waals surface area contributed by atoms with Crippen molar-refractivity contribution in [2.75, 3.05) is 13.2 Å². The fourth-order valence-corrected chi connectivity index (χ4v) is 2.22. The molecule has 0 N–H and O–H groups in total. The lowest BCUT2D eigenvalue weighted by Gasteiger charge is -2.12. The Morgan fingerprint density at radius 2 is 2.42 bits per heavy atom. The summed E-state index contributed by atoms with van der Waals surface area (Å²) in [5.41, 5.74) is 2.88. The molecule has 0 atom stereocenters. The lowest BCUT2D eigenvalue weighted by Crippen LogP contribution is -2.03. The van der Waals surface area contributed by atoms with Gasteiger partial charge in [0.2, 0.25) is 0 Å². The zero-order valence-corrected chi connectivity index (χ0v) is 7.99. The quantitative estimate of drug-likeness (QED) is 0.645. The minimum atomic E-state index is 0.782. The van der Waals surface area contributed by atoms with Gasteiger partial charge in [-0.25, -0.2) is 0 Å². The summed E-state index contributed by atoms with van der Waals surface area (Å²) in [7, 11) is 0. The molecule has 2 heteroatoms. The van der Waals surface area contributed by atoms with Crippen molar-refractivity contribution in [1.29, 1.82) is 0 Å². The smallest absolute Gasteiger partial charge is 0.0653 e. The van der Waals surface area contributed by atoms with E-state index in [2.05, 4.69) is 24.4 Å². The van der Waals surface area contributed by atoms with E-state index >= 15 is 0 Å². The van der Waals surface area contributed by atoms with Crippen LogP contribution in [0.2, 0.25) is 0 Å². The van der Waals surface area contributed by atoms with Crippen molar-refractivity contribution in [2.24, 2.45) is 0 Å². The number of aryl methyl sites for hydroxylation is 1. The zero-order chi connectivity index (χ0) is 8.39. The average Bonchev–Trinajstić information content (AvgIpc) is 2.53. The van der Waals surface area contributed by atoms with E-state index in [0.717, 1.165) is 19.6 Å². The zero-order valence-electron chi connectivity index (χ0n) is 7.17. The lowest BCUT2D eigenvalue weighted by molar-refractivity contribution is 0.161. The van der Waals surface area contributed by atoms with Crippen LogP contribution in [0, 0.1) is 6.92 Å². The molecule has 1 aliphatic heterocycles. The Balaban J connectivity index is 2.29. The van der Waals surface area contributed by atoms with Crippen molar-refractivity contribution < 1.29 is 4.74 Å². The number of hydrogen-bond donors (Lipinski definition) is 0. The highest BCUT2D eigenvalue weighted by atomic mass is 32.1. The standard InChI is InChI=1S/C10H12OS/c1-8-10(4-7-12-8)9-2-5-11-6-3-9/h2,4,7H,3,5-6H2,1H3. The molecule has 12 heavy (non-hydrogen) atoms. The first-order valence-electron chi connectivity index (χ1n) is 4.19. The molecule has 0 aliphatic carbocycles. The molecule has 1 aromatic rings. The Hall–Kier alpha value is -0.600. The topological polar surface area (TPSA) is 9.23 Å². The van der Waals surface area contributed by atoms with Gasteiger partial charge in [-0.3, -0.25) is 0 Å². The molecule has 0 radical (unpaired) electrons. The molecule has 2 heterocycles. The highest BCUT2D eigenvalue weighted by molar-refractivity contribution is 7.10. The van der Waals surface area contributed by atoms with Crippen LogP contribution in [0.25, 0.3) is 5.57 Å². The molecule has 0 amide bonds. The Bertz CT molecular complexity index is 299. The third kappa shape index (κ3) is 1.45. The van der Waals surface area contributed by atoms with E-state index in [1.165, 1.54) is 16.0 Å². The van der Waals surface area contributed by atoms with Crippen LogP contribution in [0.1, 0.15) is 16.9 Å². The Labute approximate surface area is 76.7 Å². The van der Waals surface area contributed by atoms with Gasteiger partial charge in [0.15, 0.2) is 0 Å². The van der Waals surface area contributed by atoms with Gasteiger partial charge >= 0.3 is 0 Å². The maximum atomic E-state index is 5.26. The van der Waals surface area contributed by atoms with Crippen molar-refractivity contribution >= 4 is 16.9 Å². The molecular formula is C10H12OS. The second-order valence-corrected chi connectivity index (χ2v) is 4.06. The first-order chi connectivity index (χ1) is 5.88. The van der Waals surface area contributed by atoms with Gasteiger partial charge in [0.25, 0.3) is 0 Å². The molecule has 0 unspecified atom stereocenters. The van der Waals surface area contributed by atoms with Crippen LogP contribution in [0.5, 0.6) is 0 Å². The summed E-state index contributed by atoms with van der Waals surface area (Å²) >= 11 is 1.82. The summed E-state index contributed by atoms with van der Waals surface area (Å²) in [6.45, 7) is 3.84. The van der Waals surface area contributed by atoms with Gasteiger partial charge < -0.3 is 4.74 Å². The fraction of sp³-hybridized carbons (Fsp3) is 0.400. The van der Waals surface area contributed by atoms with Gasteiger partial charge in [0, 0.05) is 4.88 Å². The minimum absolute atomic E-state index is 0.782. The third-order valence-corrected chi connectivity index (χ3v) is 3.01. The fourth-order valence-electron chi connectivity index (χ4n) is 1.49. The molecule has 1 aromatic heterocycles. The molecular weight excluding hydrogens is 168 g/mol. The van der Waals surface area contributed by atoms with Crippen LogP contribution in [-0.2, 0) is 4.74 Å². The van der Waals surface area contributed by atoms with Gasteiger partial charge in [0.1, 0.15) is 0 Å². The summed E-state index contributed by atoms with van der Waals surface area (Å²) < 4.78 is 5.26. The van der Waals surface area contributed by atoms with Crippen molar-refractivity contribution in [3.8, 4) is 0 Å². The maximum absolute atomic E-state index is 5.26. The number of hydrogen-bond acceptors (Lipinski definition) is 2. The Morgan fingerprint density at radius 1 is 1.50 bits per heavy atom. The Kier molecular flexibility index (Phi) is 2.28. The molecule has 0 bridgehead atoms. The van der Waals surface area contributed by atoms with E-state index in [0.29, 0.717) is 0 Å². The van der Waals surface area contributed by atoms with Crippen molar-refractivity contribution in [1.82, 2.24) is 0 Å². The average molecular weight is 180 g/mol. The van der Waals surface area contributed by atoms with E-state index in [9.17, 15) is 0 Å². The lowest BCUT2D eigenvalue weighted by atomic mass is 10.0. The van der Waals surface area contributed by atoms with E-state index in [4.69, 9.17) is 4.74 Å². The number of ether oxygens (including phenoxy) is 1. The second kappa shape index (κ2) is 3.42. The van der Waals surface area contributed by atoms with Crippen molar-refractivity contribution in [3.63, 3.8) is 0 Å². The van der Waals surface area contributed by atoms with Crippen molar-refractivity contribution in [3.05, 3.63) is 28.0 Å². The van der Waals surface area contributed by atoms with Gasteiger partial charge in [-0.2, -0.15) is 0 Å². The van der Waals surface area contributed by atoms with Gasteiger partial charge in [-0.1, -0.05) is 6.08 Å². The van der Waals surface area contributed by atoms with Crippen molar-refractivity contribution in [2.45, 2.75) is 13.3 Å². The monoisotopic (exact) mass is 180 g/mol. The van der Waals surface area contributed by atoms with Crippen LogP contribution in [0.3, 0.4) is 0 Å². The predicted octanol–water partition coefficient (Wildman–Crippen LogP) is 2.86. The summed E-state index contributed by atoms with van der Waals surface area (Å²) in [6.07, 6.45) is 3.26. The molecule has 64 valence electrons. The van der Waals surface area contributed by atoms with Crippen LogP contribution in [0.4, 0.5) is 0 Å². The first kappa shape index (κ1) is 8.02. The molecule has 0 spiro atoms. The largest absolute Gasteiger partial charge is 0.377 e. The minimum Gasteiger partial charge on any atom is -0.377 e. The van der Waals surface area contributed by atoms with E-state index < -0.39 is 0 Å². The third-order valence-electron chi connectivity index (χ3n) is 2.17. The maximum Gasteiger partial charge on any atom is 0.0653 e. The summed E-state index contributed by atoms with van der Waals surface area (Å²) in [5.74, 6) is 0. The first-order valence-corrected chi connectivity index (χ1v) is 5.07. The van der Waals surface area contributed by atoms with E-state index in [-0.39, 0.29) is 0 Å². The summed E-state index contributed by atoms with van der Waals surface area (Å²) in [6, 6.07) is 2.21. The van der Waals surface area contributed by atoms with Gasteiger partial charge in [-0.15, -0.1) is 11.3 Å². The molecule has 0 aromatic carbocycles. The van der Waals surface area contributed by atoms with Gasteiger partial charge in [-0.05, 0) is 35.9 Å².